The molecule has 1 aliphatic heterocycles. The molecular weight excluding hydrogens is 200 g/mol. The Morgan fingerprint density at radius 2 is 2.12 bits per heavy atom. The SMILES string of the molecule is COC1CCNC(c2ccc(C#N)cc2)C1. The van der Waals surface area contributed by atoms with Crippen LogP contribution in [0.1, 0.15) is 30.0 Å². The highest BCUT2D eigenvalue weighted by molar-refractivity contribution is 5.33. The van der Waals surface area contributed by atoms with Crippen LogP contribution in [0, 0.1) is 11.3 Å². The van der Waals surface area contributed by atoms with E-state index in [0.29, 0.717) is 17.7 Å². The van der Waals surface area contributed by atoms with Crippen molar-refractivity contribution in [2.75, 3.05) is 13.7 Å². The van der Waals surface area contributed by atoms with Gasteiger partial charge in [-0.2, -0.15) is 5.26 Å². The molecule has 1 N–H and O–H groups in total. The highest BCUT2D eigenvalue weighted by Gasteiger charge is 2.22. The van der Waals surface area contributed by atoms with Crippen LogP contribution in [-0.2, 0) is 4.74 Å². The Labute approximate surface area is 96.0 Å². The minimum Gasteiger partial charge on any atom is -0.381 e. The number of nitrogens with zero attached hydrogens (tertiary/aromatic N) is 1. The smallest absolute Gasteiger partial charge is 0.0991 e. The third kappa shape index (κ3) is 2.41. The van der Waals surface area contributed by atoms with Crippen molar-refractivity contribution in [2.24, 2.45) is 0 Å². The summed E-state index contributed by atoms with van der Waals surface area (Å²) in [5, 5.41) is 12.2. The van der Waals surface area contributed by atoms with Gasteiger partial charge < -0.3 is 10.1 Å². The lowest BCUT2D eigenvalue weighted by Gasteiger charge is -2.29. The van der Waals surface area contributed by atoms with E-state index in [1.165, 1.54) is 5.56 Å². The van der Waals surface area contributed by atoms with Gasteiger partial charge in [-0.05, 0) is 37.1 Å². The lowest BCUT2D eigenvalue weighted by molar-refractivity contribution is 0.0619. The Morgan fingerprint density at radius 1 is 1.38 bits per heavy atom. The Bertz CT molecular complexity index is 380. The highest BCUT2D eigenvalue weighted by Crippen LogP contribution is 2.24. The van der Waals surface area contributed by atoms with Gasteiger partial charge in [0.15, 0.2) is 0 Å². The summed E-state index contributed by atoms with van der Waals surface area (Å²) in [7, 11) is 1.77. The van der Waals surface area contributed by atoms with Crippen LogP contribution in [0.15, 0.2) is 24.3 Å². The molecule has 0 radical (unpaired) electrons. The van der Waals surface area contributed by atoms with Gasteiger partial charge in [0.25, 0.3) is 0 Å². The number of hydrogen-bond donors (Lipinski definition) is 1. The molecule has 84 valence electrons. The fourth-order valence-electron chi connectivity index (χ4n) is 2.14. The van der Waals surface area contributed by atoms with Crippen molar-refractivity contribution in [3.8, 4) is 6.07 Å². The standard InChI is InChI=1S/C13H16N2O/c1-16-12-6-7-15-13(8-12)11-4-2-10(9-14)3-5-11/h2-5,12-13,15H,6-8H2,1H3. The van der Waals surface area contributed by atoms with Gasteiger partial charge in [0.1, 0.15) is 0 Å². The summed E-state index contributed by atoms with van der Waals surface area (Å²) in [4.78, 5) is 0. The first kappa shape index (κ1) is 11.1. The third-order valence-electron chi connectivity index (χ3n) is 3.13. The zero-order valence-corrected chi connectivity index (χ0v) is 9.44. The predicted octanol–water partition coefficient (Wildman–Crippen LogP) is 2.00. The maximum Gasteiger partial charge on any atom is 0.0991 e. The molecule has 1 saturated heterocycles. The van der Waals surface area contributed by atoms with E-state index >= 15 is 0 Å². The summed E-state index contributed by atoms with van der Waals surface area (Å²) in [5.41, 5.74) is 1.95. The molecule has 1 fully saturated rings. The molecular formula is C13H16N2O. The molecule has 0 spiro atoms. The van der Waals surface area contributed by atoms with Crippen LogP contribution >= 0.6 is 0 Å². The van der Waals surface area contributed by atoms with E-state index in [1.54, 1.807) is 7.11 Å². The second-order valence-corrected chi connectivity index (χ2v) is 4.12. The summed E-state index contributed by atoms with van der Waals surface area (Å²) in [6.45, 7) is 0.989. The first-order chi connectivity index (χ1) is 7.83. The van der Waals surface area contributed by atoms with E-state index in [0.717, 1.165) is 19.4 Å². The predicted molar refractivity (Wildman–Crippen MR) is 61.9 cm³/mol. The number of hydrogen-bond acceptors (Lipinski definition) is 3. The molecule has 1 aromatic rings. The first-order valence-electron chi connectivity index (χ1n) is 5.59. The van der Waals surface area contributed by atoms with Crippen molar-refractivity contribution >= 4 is 0 Å². The van der Waals surface area contributed by atoms with Gasteiger partial charge in [-0.1, -0.05) is 12.1 Å². The molecule has 2 rings (SSSR count). The molecule has 1 aliphatic rings. The van der Waals surface area contributed by atoms with Gasteiger partial charge in [-0.25, -0.2) is 0 Å². The summed E-state index contributed by atoms with van der Waals surface area (Å²) in [6, 6.07) is 10.3. The molecule has 1 aromatic carbocycles. The molecule has 3 nitrogen and oxygen atoms in total. The number of rotatable bonds is 2. The lowest BCUT2D eigenvalue weighted by Crippen LogP contribution is -2.35. The molecule has 2 unspecified atom stereocenters. The molecule has 16 heavy (non-hydrogen) atoms. The van der Waals surface area contributed by atoms with Crippen LogP contribution in [0.3, 0.4) is 0 Å². The number of piperidine rings is 1. The van der Waals surface area contributed by atoms with Crippen LogP contribution in [-0.4, -0.2) is 19.8 Å². The molecule has 0 amide bonds. The van der Waals surface area contributed by atoms with Crippen molar-refractivity contribution in [1.82, 2.24) is 5.32 Å². The van der Waals surface area contributed by atoms with E-state index < -0.39 is 0 Å². The van der Waals surface area contributed by atoms with Crippen molar-refractivity contribution in [1.29, 1.82) is 5.26 Å². The van der Waals surface area contributed by atoms with Crippen LogP contribution in [0.25, 0.3) is 0 Å². The minimum atomic E-state index is 0.349. The van der Waals surface area contributed by atoms with Crippen molar-refractivity contribution in [2.45, 2.75) is 25.0 Å². The van der Waals surface area contributed by atoms with Gasteiger partial charge in [0.05, 0.1) is 17.7 Å². The molecule has 0 bridgehead atoms. The highest BCUT2D eigenvalue weighted by atomic mass is 16.5. The number of ether oxygens (including phenoxy) is 1. The number of methoxy groups -OCH3 is 1. The second kappa shape index (κ2) is 5.11. The molecule has 0 saturated carbocycles. The molecule has 1 heterocycles. The maximum absolute atomic E-state index is 8.73. The fourth-order valence-corrected chi connectivity index (χ4v) is 2.14. The van der Waals surface area contributed by atoms with E-state index in [9.17, 15) is 0 Å². The summed E-state index contributed by atoms with van der Waals surface area (Å²) >= 11 is 0. The number of nitriles is 1. The van der Waals surface area contributed by atoms with E-state index in [1.807, 2.05) is 24.3 Å². The van der Waals surface area contributed by atoms with Crippen LogP contribution in [0.2, 0.25) is 0 Å². The topological polar surface area (TPSA) is 45.0 Å². The zero-order valence-electron chi connectivity index (χ0n) is 9.44. The summed E-state index contributed by atoms with van der Waals surface area (Å²) in [5.74, 6) is 0. The van der Waals surface area contributed by atoms with E-state index in [4.69, 9.17) is 10.00 Å². The van der Waals surface area contributed by atoms with Crippen LogP contribution in [0.4, 0.5) is 0 Å². The summed E-state index contributed by atoms with van der Waals surface area (Å²) in [6.07, 6.45) is 2.42. The molecule has 0 aromatic heterocycles. The second-order valence-electron chi connectivity index (χ2n) is 4.12. The van der Waals surface area contributed by atoms with Crippen LogP contribution < -0.4 is 5.32 Å². The maximum atomic E-state index is 8.73. The Hall–Kier alpha value is -1.37. The van der Waals surface area contributed by atoms with Crippen molar-refractivity contribution < 1.29 is 4.74 Å². The molecule has 3 heteroatoms. The van der Waals surface area contributed by atoms with Crippen molar-refractivity contribution in [3.05, 3.63) is 35.4 Å². The van der Waals surface area contributed by atoms with Gasteiger partial charge in [-0.3, -0.25) is 0 Å². The number of nitrogens with one attached hydrogen (secondary N) is 1. The largest absolute Gasteiger partial charge is 0.381 e. The van der Waals surface area contributed by atoms with Gasteiger partial charge in [0.2, 0.25) is 0 Å². The average Bonchev–Trinajstić information content (AvgIpc) is 2.39. The van der Waals surface area contributed by atoms with Gasteiger partial charge >= 0.3 is 0 Å². The van der Waals surface area contributed by atoms with Gasteiger partial charge in [0, 0.05) is 13.2 Å². The monoisotopic (exact) mass is 216 g/mol. The average molecular weight is 216 g/mol. The van der Waals surface area contributed by atoms with Gasteiger partial charge in [-0.15, -0.1) is 0 Å². The van der Waals surface area contributed by atoms with Crippen molar-refractivity contribution in [3.63, 3.8) is 0 Å². The zero-order chi connectivity index (χ0) is 11.4. The minimum absolute atomic E-state index is 0.349. The van der Waals surface area contributed by atoms with E-state index in [2.05, 4.69) is 11.4 Å². The lowest BCUT2D eigenvalue weighted by atomic mass is 9.95. The molecule has 0 aliphatic carbocycles. The fraction of sp³-hybridized carbons (Fsp3) is 0.462. The number of benzene rings is 1. The normalized spacial score (nSPS) is 25.0. The van der Waals surface area contributed by atoms with E-state index in [-0.39, 0.29) is 0 Å². The third-order valence-corrected chi connectivity index (χ3v) is 3.13. The Kier molecular flexibility index (Phi) is 3.55. The Morgan fingerprint density at radius 3 is 2.75 bits per heavy atom. The Balaban J connectivity index is 2.08. The first-order valence-corrected chi connectivity index (χ1v) is 5.59. The molecule has 2 atom stereocenters. The quantitative estimate of drug-likeness (QED) is 0.822. The van der Waals surface area contributed by atoms with Crippen LogP contribution in [0.5, 0.6) is 0 Å². The summed E-state index contributed by atoms with van der Waals surface area (Å²) < 4.78 is 5.40.